The minimum Gasteiger partial charge on any atom is -0.330 e. The molecule has 2 N–H and O–H groups in total. The predicted molar refractivity (Wildman–Crippen MR) is 66.3 cm³/mol. The zero-order valence-corrected chi connectivity index (χ0v) is 10.0. The maximum atomic E-state index is 6.09. The Morgan fingerprint density at radius 1 is 1.31 bits per heavy atom. The van der Waals surface area contributed by atoms with Gasteiger partial charge in [-0.05, 0) is 24.7 Å². The van der Waals surface area contributed by atoms with E-state index in [1.807, 2.05) is 10.8 Å². The number of halogens is 2. The molecule has 16 heavy (non-hydrogen) atoms. The molecule has 0 aliphatic carbocycles. The summed E-state index contributed by atoms with van der Waals surface area (Å²) in [5.74, 6) is 0. The van der Waals surface area contributed by atoms with Gasteiger partial charge in [0, 0.05) is 17.6 Å². The smallest absolute Gasteiger partial charge is 0.0995 e. The van der Waals surface area contributed by atoms with Crippen LogP contribution in [0.2, 0.25) is 10.0 Å². The van der Waals surface area contributed by atoms with Crippen LogP contribution in [0.15, 0.2) is 30.7 Å². The number of hydrogen-bond acceptors (Lipinski definition) is 2. The van der Waals surface area contributed by atoms with E-state index in [9.17, 15) is 0 Å². The molecule has 1 aromatic heterocycles. The quantitative estimate of drug-likeness (QED) is 0.917. The maximum Gasteiger partial charge on any atom is 0.0995 e. The van der Waals surface area contributed by atoms with E-state index >= 15 is 0 Å². The Balaban J connectivity index is 2.38. The topological polar surface area (TPSA) is 43.8 Å². The van der Waals surface area contributed by atoms with Crippen LogP contribution >= 0.6 is 23.2 Å². The molecule has 84 valence electrons. The Bertz CT molecular complexity index is 494. The van der Waals surface area contributed by atoms with E-state index in [1.54, 1.807) is 24.5 Å². The van der Waals surface area contributed by atoms with Crippen molar-refractivity contribution in [1.82, 2.24) is 9.55 Å². The van der Waals surface area contributed by atoms with E-state index in [2.05, 4.69) is 4.98 Å². The summed E-state index contributed by atoms with van der Waals surface area (Å²) in [6.07, 6.45) is 4.37. The van der Waals surface area contributed by atoms with Gasteiger partial charge in [0.2, 0.25) is 0 Å². The third-order valence-corrected chi connectivity index (χ3v) is 2.78. The lowest BCUT2D eigenvalue weighted by molar-refractivity contribution is 0.934. The van der Waals surface area contributed by atoms with E-state index in [0.29, 0.717) is 16.6 Å². The molecule has 3 nitrogen and oxygen atoms in total. The molecule has 1 heterocycles. The second kappa shape index (κ2) is 4.87. The SMILES string of the molecule is NCCc1cn(-c2cc(Cl)ccc2Cl)cn1. The van der Waals surface area contributed by atoms with Crippen molar-refractivity contribution in [3.8, 4) is 5.69 Å². The zero-order valence-electron chi connectivity index (χ0n) is 8.53. The average Bonchev–Trinajstić information content (AvgIpc) is 2.71. The van der Waals surface area contributed by atoms with Gasteiger partial charge in [-0.1, -0.05) is 23.2 Å². The second-order valence-electron chi connectivity index (χ2n) is 3.41. The van der Waals surface area contributed by atoms with Crippen LogP contribution < -0.4 is 5.73 Å². The van der Waals surface area contributed by atoms with Crippen LogP contribution in [0.1, 0.15) is 5.69 Å². The van der Waals surface area contributed by atoms with E-state index in [4.69, 9.17) is 28.9 Å². The molecule has 0 aliphatic heterocycles. The molecule has 0 aliphatic rings. The van der Waals surface area contributed by atoms with Crippen LogP contribution in [0, 0.1) is 0 Å². The largest absolute Gasteiger partial charge is 0.330 e. The third kappa shape index (κ3) is 2.38. The van der Waals surface area contributed by atoms with Crippen molar-refractivity contribution >= 4 is 23.2 Å². The highest BCUT2D eigenvalue weighted by Gasteiger charge is 2.05. The molecule has 0 saturated heterocycles. The van der Waals surface area contributed by atoms with Crippen molar-refractivity contribution < 1.29 is 0 Å². The first-order chi connectivity index (χ1) is 7.70. The molecule has 0 fully saturated rings. The maximum absolute atomic E-state index is 6.09. The summed E-state index contributed by atoms with van der Waals surface area (Å²) in [7, 11) is 0. The normalized spacial score (nSPS) is 10.7. The van der Waals surface area contributed by atoms with Crippen molar-refractivity contribution in [1.29, 1.82) is 0 Å². The molecule has 0 amide bonds. The molecule has 0 unspecified atom stereocenters. The number of nitrogens with zero attached hydrogens (tertiary/aromatic N) is 2. The number of rotatable bonds is 3. The number of aromatic nitrogens is 2. The molecular formula is C11H11Cl2N3. The first-order valence-corrected chi connectivity index (χ1v) is 5.64. The van der Waals surface area contributed by atoms with Gasteiger partial charge in [0.25, 0.3) is 0 Å². The van der Waals surface area contributed by atoms with Crippen LogP contribution in [0.4, 0.5) is 0 Å². The summed E-state index contributed by atoms with van der Waals surface area (Å²) >= 11 is 12.0. The van der Waals surface area contributed by atoms with Gasteiger partial charge in [-0.25, -0.2) is 4.98 Å². The molecule has 2 rings (SSSR count). The van der Waals surface area contributed by atoms with Crippen molar-refractivity contribution in [2.45, 2.75) is 6.42 Å². The van der Waals surface area contributed by atoms with Crippen molar-refractivity contribution in [3.63, 3.8) is 0 Å². The first-order valence-electron chi connectivity index (χ1n) is 4.89. The predicted octanol–water partition coefficient (Wildman–Crippen LogP) is 2.68. The lowest BCUT2D eigenvalue weighted by Crippen LogP contribution is -2.02. The molecule has 0 radical (unpaired) electrons. The second-order valence-corrected chi connectivity index (χ2v) is 4.25. The lowest BCUT2D eigenvalue weighted by Gasteiger charge is -2.04. The van der Waals surface area contributed by atoms with Crippen molar-refractivity contribution in [3.05, 3.63) is 46.5 Å². The Morgan fingerprint density at radius 2 is 2.12 bits per heavy atom. The van der Waals surface area contributed by atoms with Gasteiger partial charge >= 0.3 is 0 Å². The number of benzene rings is 1. The summed E-state index contributed by atoms with van der Waals surface area (Å²) in [5, 5.41) is 1.29. The minimum atomic E-state index is 0.584. The Kier molecular flexibility index (Phi) is 3.49. The summed E-state index contributed by atoms with van der Waals surface area (Å²) in [6, 6.07) is 5.32. The zero-order chi connectivity index (χ0) is 11.5. The van der Waals surface area contributed by atoms with Crippen LogP contribution in [-0.4, -0.2) is 16.1 Å². The van der Waals surface area contributed by atoms with Crippen molar-refractivity contribution in [2.24, 2.45) is 5.73 Å². The Hall–Kier alpha value is -1.03. The molecule has 0 saturated carbocycles. The van der Waals surface area contributed by atoms with Gasteiger partial charge < -0.3 is 10.3 Å². The van der Waals surface area contributed by atoms with Gasteiger partial charge in [0.15, 0.2) is 0 Å². The fourth-order valence-corrected chi connectivity index (χ4v) is 1.84. The lowest BCUT2D eigenvalue weighted by atomic mass is 10.3. The van der Waals surface area contributed by atoms with E-state index in [-0.39, 0.29) is 0 Å². The monoisotopic (exact) mass is 255 g/mol. The van der Waals surface area contributed by atoms with Crippen LogP contribution in [0.3, 0.4) is 0 Å². The fraction of sp³-hybridized carbons (Fsp3) is 0.182. The standard InChI is InChI=1S/C11H11Cl2N3/c12-8-1-2-10(13)11(5-8)16-6-9(3-4-14)15-7-16/h1-2,5-7H,3-4,14H2. The molecule has 0 spiro atoms. The van der Waals surface area contributed by atoms with Crippen molar-refractivity contribution in [2.75, 3.05) is 6.54 Å². The van der Waals surface area contributed by atoms with Crippen LogP contribution in [0.25, 0.3) is 5.69 Å². The molecular weight excluding hydrogens is 245 g/mol. The summed E-state index contributed by atoms with van der Waals surface area (Å²) in [6.45, 7) is 0.584. The highest BCUT2D eigenvalue weighted by atomic mass is 35.5. The Morgan fingerprint density at radius 3 is 2.88 bits per heavy atom. The van der Waals surface area contributed by atoms with E-state index in [0.717, 1.165) is 17.8 Å². The summed E-state index contributed by atoms with van der Waals surface area (Å²) < 4.78 is 1.85. The molecule has 0 atom stereocenters. The van der Waals surface area contributed by atoms with Gasteiger partial charge in [0.1, 0.15) is 0 Å². The highest BCUT2D eigenvalue weighted by Crippen LogP contribution is 2.24. The molecule has 2 aromatic rings. The number of hydrogen-bond donors (Lipinski definition) is 1. The first kappa shape index (κ1) is 11.5. The fourth-order valence-electron chi connectivity index (χ4n) is 1.46. The van der Waals surface area contributed by atoms with Gasteiger partial charge in [-0.2, -0.15) is 0 Å². The van der Waals surface area contributed by atoms with Crippen LogP contribution in [0.5, 0.6) is 0 Å². The van der Waals surface area contributed by atoms with Gasteiger partial charge in [-0.3, -0.25) is 0 Å². The molecule has 0 bridgehead atoms. The molecule has 1 aromatic carbocycles. The van der Waals surface area contributed by atoms with E-state index in [1.165, 1.54) is 0 Å². The average molecular weight is 256 g/mol. The van der Waals surface area contributed by atoms with Crippen LogP contribution in [-0.2, 0) is 6.42 Å². The number of imidazole rings is 1. The van der Waals surface area contributed by atoms with Gasteiger partial charge in [-0.15, -0.1) is 0 Å². The summed E-state index contributed by atoms with van der Waals surface area (Å²) in [4.78, 5) is 4.23. The number of nitrogens with two attached hydrogens (primary N) is 1. The minimum absolute atomic E-state index is 0.584. The Labute approximate surface area is 104 Å². The summed E-state index contributed by atoms with van der Waals surface area (Å²) in [5.41, 5.74) is 7.23. The molecule has 5 heteroatoms. The van der Waals surface area contributed by atoms with E-state index < -0.39 is 0 Å². The highest BCUT2D eigenvalue weighted by molar-refractivity contribution is 6.34. The van der Waals surface area contributed by atoms with Gasteiger partial charge in [0.05, 0.1) is 22.7 Å². The third-order valence-electron chi connectivity index (χ3n) is 2.22.